The molecule has 1 aliphatic rings. The Morgan fingerprint density at radius 1 is 1.39 bits per heavy atom. The van der Waals surface area contributed by atoms with Crippen LogP contribution in [0.15, 0.2) is 12.1 Å². The maximum Gasteiger partial charge on any atom is 0.151 e. The molecule has 0 spiro atoms. The summed E-state index contributed by atoms with van der Waals surface area (Å²) in [6.45, 7) is 2.22. The van der Waals surface area contributed by atoms with E-state index < -0.39 is 0 Å². The first-order valence-electron chi connectivity index (χ1n) is 6.89. The molecule has 0 aromatic carbocycles. The van der Waals surface area contributed by atoms with E-state index in [-0.39, 0.29) is 0 Å². The Kier molecular flexibility index (Phi) is 4.70. The van der Waals surface area contributed by atoms with Gasteiger partial charge in [0.1, 0.15) is 5.15 Å². The highest BCUT2D eigenvalue weighted by molar-refractivity contribution is 6.29. The fraction of sp³-hybridized carbons (Fsp3) is 0.643. The van der Waals surface area contributed by atoms with Crippen molar-refractivity contribution in [2.45, 2.75) is 51.5 Å². The van der Waals surface area contributed by atoms with Gasteiger partial charge in [0.2, 0.25) is 0 Å². The first kappa shape index (κ1) is 13.5. The molecule has 1 fully saturated rings. The molecule has 1 aromatic rings. The summed E-state index contributed by atoms with van der Waals surface area (Å²) < 4.78 is 0. The quantitative estimate of drug-likeness (QED) is 0.808. The Balaban J connectivity index is 2.06. The maximum absolute atomic E-state index is 5.94. The minimum absolute atomic E-state index is 0.457. The number of nitrogens with one attached hydrogen (secondary N) is 1. The number of aromatic nitrogens is 1. The van der Waals surface area contributed by atoms with Gasteiger partial charge in [-0.15, -0.1) is 0 Å². The molecule has 1 aliphatic carbocycles. The van der Waals surface area contributed by atoms with E-state index in [1.54, 1.807) is 6.07 Å². The zero-order valence-electron chi connectivity index (χ0n) is 11.0. The second-order valence-electron chi connectivity index (χ2n) is 5.13. The van der Waals surface area contributed by atoms with Gasteiger partial charge in [-0.3, -0.25) is 0 Å². The van der Waals surface area contributed by atoms with Crippen LogP contribution in [0.25, 0.3) is 0 Å². The number of nitrogens with two attached hydrogens (primary N) is 1. The molecule has 4 heteroatoms. The van der Waals surface area contributed by atoms with Gasteiger partial charge in [0, 0.05) is 6.04 Å². The number of pyridine rings is 1. The minimum Gasteiger partial charge on any atom is -0.396 e. The lowest BCUT2D eigenvalue weighted by atomic mass is 9.83. The highest BCUT2D eigenvalue weighted by Gasteiger charge is 2.23. The van der Waals surface area contributed by atoms with E-state index in [2.05, 4.69) is 17.2 Å². The summed E-state index contributed by atoms with van der Waals surface area (Å²) in [6, 6.07) is 3.99. The predicted molar refractivity (Wildman–Crippen MR) is 77.9 cm³/mol. The van der Waals surface area contributed by atoms with Gasteiger partial charge in [0.25, 0.3) is 0 Å². The first-order chi connectivity index (χ1) is 8.70. The van der Waals surface area contributed by atoms with Gasteiger partial charge < -0.3 is 11.1 Å². The van der Waals surface area contributed by atoms with E-state index in [1.807, 2.05) is 6.07 Å². The van der Waals surface area contributed by atoms with E-state index in [0.717, 1.165) is 18.2 Å². The summed E-state index contributed by atoms with van der Waals surface area (Å²) in [7, 11) is 0. The number of hydrogen-bond donors (Lipinski definition) is 2. The van der Waals surface area contributed by atoms with E-state index in [9.17, 15) is 0 Å². The maximum atomic E-state index is 5.94. The Hall–Kier alpha value is -0.960. The second kappa shape index (κ2) is 6.28. The van der Waals surface area contributed by atoms with Crippen LogP contribution in [0.1, 0.15) is 45.4 Å². The van der Waals surface area contributed by atoms with Crippen molar-refractivity contribution in [2.75, 3.05) is 11.1 Å². The molecule has 0 radical (unpaired) electrons. The van der Waals surface area contributed by atoms with Gasteiger partial charge in [-0.1, -0.05) is 37.8 Å². The summed E-state index contributed by atoms with van der Waals surface area (Å²) >= 11 is 5.92. The molecule has 0 bridgehead atoms. The number of hydrogen-bond acceptors (Lipinski definition) is 3. The van der Waals surface area contributed by atoms with E-state index in [4.69, 9.17) is 17.3 Å². The Morgan fingerprint density at radius 2 is 2.11 bits per heavy atom. The van der Waals surface area contributed by atoms with Crippen molar-refractivity contribution in [3.63, 3.8) is 0 Å². The molecule has 1 atom stereocenters. The molecule has 1 saturated carbocycles. The van der Waals surface area contributed by atoms with Gasteiger partial charge in [-0.25, -0.2) is 4.98 Å². The van der Waals surface area contributed by atoms with Crippen LogP contribution in [0.3, 0.4) is 0 Å². The van der Waals surface area contributed by atoms with Crippen LogP contribution in [0.5, 0.6) is 0 Å². The summed E-state index contributed by atoms with van der Waals surface area (Å²) in [5.74, 6) is 1.48. The number of nitrogens with zero attached hydrogens (tertiary/aromatic N) is 1. The van der Waals surface area contributed by atoms with Crippen LogP contribution < -0.4 is 11.1 Å². The molecule has 18 heavy (non-hydrogen) atoms. The molecule has 0 amide bonds. The van der Waals surface area contributed by atoms with Crippen molar-refractivity contribution in [1.29, 1.82) is 0 Å². The van der Waals surface area contributed by atoms with Crippen molar-refractivity contribution < 1.29 is 0 Å². The van der Waals surface area contributed by atoms with Crippen LogP contribution in [-0.2, 0) is 0 Å². The third-order valence-corrected chi connectivity index (χ3v) is 4.08. The van der Waals surface area contributed by atoms with Crippen LogP contribution in [0.4, 0.5) is 11.5 Å². The Bertz CT molecular complexity index is 389. The Labute approximate surface area is 114 Å². The molecule has 0 aliphatic heterocycles. The highest BCUT2D eigenvalue weighted by Crippen LogP contribution is 2.30. The van der Waals surface area contributed by atoms with Gasteiger partial charge in [-0.2, -0.15) is 0 Å². The van der Waals surface area contributed by atoms with E-state index in [0.29, 0.717) is 16.9 Å². The molecule has 3 nitrogen and oxygen atoms in total. The van der Waals surface area contributed by atoms with Crippen molar-refractivity contribution in [3.05, 3.63) is 17.3 Å². The van der Waals surface area contributed by atoms with E-state index >= 15 is 0 Å². The third-order valence-electron chi connectivity index (χ3n) is 3.87. The van der Waals surface area contributed by atoms with Crippen LogP contribution in [-0.4, -0.2) is 11.0 Å². The molecule has 1 aromatic heterocycles. The van der Waals surface area contributed by atoms with Gasteiger partial charge in [0.15, 0.2) is 5.82 Å². The number of nitrogen functional groups attached to an aromatic ring is 1. The Morgan fingerprint density at radius 3 is 2.78 bits per heavy atom. The zero-order valence-corrected chi connectivity index (χ0v) is 11.7. The smallest absolute Gasteiger partial charge is 0.151 e. The highest BCUT2D eigenvalue weighted by atomic mass is 35.5. The third kappa shape index (κ3) is 3.29. The van der Waals surface area contributed by atoms with Crippen molar-refractivity contribution in [2.24, 2.45) is 5.92 Å². The molecule has 3 N–H and O–H groups in total. The molecule has 2 rings (SSSR count). The average molecular weight is 268 g/mol. The van der Waals surface area contributed by atoms with Gasteiger partial charge >= 0.3 is 0 Å². The number of rotatable bonds is 4. The predicted octanol–water partition coefficient (Wildman–Crippen LogP) is 4.09. The minimum atomic E-state index is 0.457. The summed E-state index contributed by atoms with van der Waals surface area (Å²) in [6.07, 6.45) is 7.79. The zero-order chi connectivity index (χ0) is 13.0. The van der Waals surface area contributed by atoms with E-state index in [1.165, 1.54) is 32.1 Å². The molecule has 100 valence electrons. The molecular weight excluding hydrogens is 246 g/mol. The first-order valence-corrected chi connectivity index (χ1v) is 7.27. The van der Waals surface area contributed by atoms with Crippen molar-refractivity contribution in [1.82, 2.24) is 4.98 Å². The largest absolute Gasteiger partial charge is 0.396 e. The summed E-state index contributed by atoms with van der Waals surface area (Å²) in [5, 5.41) is 3.98. The lowest BCUT2D eigenvalue weighted by Gasteiger charge is -2.31. The average Bonchev–Trinajstić information content (AvgIpc) is 2.41. The lowest BCUT2D eigenvalue weighted by molar-refractivity contribution is 0.312. The fourth-order valence-electron chi connectivity index (χ4n) is 2.83. The lowest BCUT2D eigenvalue weighted by Crippen LogP contribution is -2.30. The van der Waals surface area contributed by atoms with Crippen LogP contribution in [0.2, 0.25) is 5.15 Å². The SMILES string of the molecule is CCC(Nc1nc(Cl)ccc1N)C1CCCCC1. The standard InChI is InChI=1S/C14H22ClN3/c1-2-12(10-6-4-3-5-7-10)17-14-11(16)8-9-13(15)18-14/h8-10,12H,2-7,16H2,1H3,(H,17,18). The summed E-state index contributed by atoms with van der Waals surface area (Å²) in [4.78, 5) is 4.28. The van der Waals surface area contributed by atoms with Crippen LogP contribution in [0, 0.1) is 5.92 Å². The molecule has 1 unspecified atom stereocenters. The number of anilines is 2. The van der Waals surface area contributed by atoms with Crippen molar-refractivity contribution in [3.8, 4) is 0 Å². The molecular formula is C14H22ClN3. The molecule has 0 saturated heterocycles. The monoisotopic (exact) mass is 267 g/mol. The molecule has 1 heterocycles. The fourth-order valence-corrected chi connectivity index (χ4v) is 2.97. The normalized spacial score (nSPS) is 18.6. The summed E-state index contributed by atoms with van der Waals surface area (Å²) in [5.41, 5.74) is 6.61. The second-order valence-corrected chi connectivity index (χ2v) is 5.52. The topological polar surface area (TPSA) is 50.9 Å². The van der Waals surface area contributed by atoms with Gasteiger partial charge in [-0.05, 0) is 37.3 Å². The number of halogens is 1. The van der Waals surface area contributed by atoms with Crippen molar-refractivity contribution >= 4 is 23.1 Å². The van der Waals surface area contributed by atoms with Crippen LogP contribution >= 0.6 is 11.6 Å². The van der Waals surface area contributed by atoms with Gasteiger partial charge in [0.05, 0.1) is 5.69 Å².